The van der Waals surface area contributed by atoms with Gasteiger partial charge >= 0.3 is 0 Å². The van der Waals surface area contributed by atoms with E-state index in [2.05, 4.69) is 44.1 Å². The Kier molecular flexibility index (Phi) is 3.74. The third kappa shape index (κ3) is 2.70. The Morgan fingerprint density at radius 1 is 1.10 bits per heavy atom. The Balaban J connectivity index is 1.62. The van der Waals surface area contributed by atoms with Gasteiger partial charge in [0.1, 0.15) is 5.82 Å². The van der Waals surface area contributed by atoms with Crippen LogP contribution in [0.3, 0.4) is 0 Å². The van der Waals surface area contributed by atoms with Crippen LogP contribution in [0.4, 0.5) is 0 Å². The highest BCUT2D eigenvalue weighted by Crippen LogP contribution is 2.15. The van der Waals surface area contributed by atoms with E-state index in [0.717, 1.165) is 30.9 Å². The Labute approximate surface area is 118 Å². The summed E-state index contributed by atoms with van der Waals surface area (Å²) in [5.41, 5.74) is 2.32. The van der Waals surface area contributed by atoms with E-state index in [4.69, 9.17) is 0 Å². The van der Waals surface area contributed by atoms with E-state index in [1.54, 1.807) is 0 Å². The van der Waals surface area contributed by atoms with E-state index in [1.165, 1.54) is 10.9 Å². The summed E-state index contributed by atoms with van der Waals surface area (Å²) < 4.78 is 2.06. The molecule has 0 amide bonds. The van der Waals surface area contributed by atoms with Gasteiger partial charge in [-0.15, -0.1) is 0 Å². The Morgan fingerprint density at radius 2 is 2.00 bits per heavy atom. The maximum absolute atomic E-state index is 4.47. The fourth-order valence-electron chi connectivity index (χ4n) is 2.37. The molecule has 0 aliphatic heterocycles. The van der Waals surface area contributed by atoms with E-state index in [-0.39, 0.29) is 0 Å². The van der Waals surface area contributed by atoms with Gasteiger partial charge in [0.05, 0.1) is 5.52 Å². The van der Waals surface area contributed by atoms with Crippen LogP contribution in [0.5, 0.6) is 0 Å². The van der Waals surface area contributed by atoms with Crippen molar-refractivity contribution in [2.24, 2.45) is 7.05 Å². The molecule has 3 aromatic rings. The summed E-state index contributed by atoms with van der Waals surface area (Å²) in [4.78, 5) is 8.79. The highest BCUT2D eigenvalue weighted by Gasteiger charge is 2.02. The second-order valence-corrected chi connectivity index (χ2v) is 4.87. The zero-order valence-corrected chi connectivity index (χ0v) is 11.6. The van der Waals surface area contributed by atoms with Crippen molar-refractivity contribution in [3.05, 3.63) is 60.3 Å². The molecular formula is C16H18N4. The third-order valence-electron chi connectivity index (χ3n) is 3.48. The predicted octanol–water partition coefficient (Wildman–Crippen LogP) is 2.30. The lowest BCUT2D eigenvalue weighted by atomic mass is 10.1. The minimum atomic E-state index is 0.832. The quantitative estimate of drug-likeness (QED) is 0.721. The first-order valence-corrected chi connectivity index (χ1v) is 6.84. The summed E-state index contributed by atoms with van der Waals surface area (Å²) in [5.74, 6) is 1.11. The van der Waals surface area contributed by atoms with Gasteiger partial charge in [-0.2, -0.15) is 0 Å². The smallest absolute Gasteiger partial charge is 0.109 e. The first-order chi connectivity index (χ1) is 9.84. The topological polar surface area (TPSA) is 42.7 Å². The molecule has 2 heterocycles. The van der Waals surface area contributed by atoms with Crippen molar-refractivity contribution in [2.45, 2.75) is 13.0 Å². The number of hydrogen-bond acceptors (Lipinski definition) is 3. The predicted molar refractivity (Wildman–Crippen MR) is 80.4 cm³/mol. The maximum atomic E-state index is 4.47. The molecule has 0 fully saturated rings. The van der Waals surface area contributed by atoms with Crippen molar-refractivity contribution in [1.29, 1.82) is 0 Å². The van der Waals surface area contributed by atoms with Crippen molar-refractivity contribution < 1.29 is 0 Å². The lowest BCUT2D eigenvalue weighted by molar-refractivity contribution is 0.656. The zero-order chi connectivity index (χ0) is 13.8. The molecule has 20 heavy (non-hydrogen) atoms. The van der Waals surface area contributed by atoms with E-state index in [0.29, 0.717) is 0 Å². The molecule has 2 aromatic heterocycles. The molecule has 0 spiro atoms. The number of rotatable bonds is 5. The average molecular weight is 266 g/mol. The van der Waals surface area contributed by atoms with Gasteiger partial charge in [-0.1, -0.05) is 24.3 Å². The van der Waals surface area contributed by atoms with Gasteiger partial charge in [-0.3, -0.25) is 4.98 Å². The van der Waals surface area contributed by atoms with Crippen LogP contribution in [0.15, 0.2) is 48.9 Å². The van der Waals surface area contributed by atoms with Crippen LogP contribution >= 0.6 is 0 Å². The lowest BCUT2D eigenvalue weighted by Crippen LogP contribution is -2.18. The second-order valence-electron chi connectivity index (χ2n) is 4.87. The van der Waals surface area contributed by atoms with Crippen LogP contribution in [-0.4, -0.2) is 21.1 Å². The minimum Gasteiger partial charge on any atom is -0.338 e. The number of nitrogens with one attached hydrogen (secondary N) is 1. The summed E-state index contributed by atoms with van der Waals surface area (Å²) in [6.07, 6.45) is 6.59. The summed E-state index contributed by atoms with van der Waals surface area (Å²) in [6, 6.07) is 10.4. The van der Waals surface area contributed by atoms with Crippen molar-refractivity contribution in [3.63, 3.8) is 0 Å². The van der Waals surface area contributed by atoms with Crippen LogP contribution in [0.25, 0.3) is 10.9 Å². The number of fused-ring (bicyclic) bond motifs is 1. The summed E-state index contributed by atoms with van der Waals surface area (Å²) in [5, 5.41) is 4.66. The van der Waals surface area contributed by atoms with Crippen molar-refractivity contribution >= 4 is 10.9 Å². The Morgan fingerprint density at radius 3 is 2.85 bits per heavy atom. The van der Waals surface area contributed by atoms with Gasteiger partial charge in [0.25, 0.3) is 0 Å². The normalized spacial score (nSPS) is 11.1. The fourth-order valence-corrected chi connectivity index (χ4v) is 2.37. The highest BCUT2D eigenvalue weighted by molar-refractivity contribution is 5.81. The average Bonchev–Trinajstić information content (AvgIpc) is 2.89. The molecule has 4 nitrogen and oxygen atoms in total. The molecule has 1 aromatic carbocycles. The molecule has 3 rings (SSSR count). The molecule has 4 heteroatoms. The van der Waals surface area contributed by atoms with Gasteiger partial charge < -0.3 is 9.88 Å². The molecule has 0 radical (unpaired) electrons. The van der Waals surface area contributed by atoms with Gasteiger partial charge in [-0.25, -0.2) is 4.98 Å². The molecule has 0 bridgehead atoms. The van der Waals surface area contributed by atoms with Crippen molar-refractivity contribution in [1.82, 2.24) is 19.9 Å². The monoisotopic (exact) mass is 266 g/mol. The van der Waals surface area contributed by atoms with Crippen molar-refractivity contribution in [3.8, 4) is 0 Å². The van der Waals surface area contributed by atoms with Crippen LogP contribution in [0.2, 0.25) is 0 Å². The molecule has 0 aliphatic rings. The van der Waals surface area contributed by atoms with Crippen LogP contribution in [0.1, 0.15) is 11.4 Å². The highest BCUT2D eigenvalue weighted by atomic mass is 15.0. The summed E-state index contributed by atoms with van der Waals surface area (Å²) in [7, 11) is 2.02. The number of nitrogens with zero attached hydrogens (tertiary/aromatic N) is 3. The van der Waals surface area contributed by atoms with Gasteiger partial charge in [0.15, 0.2) is 0 Å². The number of para-hydroxylation sites is 1. The summed E-state index contributed by atoms with van der Waals surface area (Å²) in [6.45, 7) is 1.74. The SMILES string of the molecule is Cn1ccnc1CCNCc1cccc2cccnc12. The molecular weight excluding hydrogens is 248 g/mol. The Hall–Kier alpha value is -2.20. The number of aryl methyl sites for hydroxylation is 1. The molecule has 1 N–H and O–H groups in total. The van der Waals surface area contributed by atoms with E-state index >= 15 is 0 Å². The number of benzene rings is 1. The molecule has 0 atom stereocenters. The van der Waals surface area contributed by atoms with Gasteiger partial charge in [0.2, 0.25) is 0 Å². The van der Waals surface area contributed by atoms with E-state index < -0.39 is 0 Å². The van der Waals surface area contributed by atoms with Crippen LogP contribution in [-0.2, 0) is 20.0 Å². The van der Waals surface area contributed by atoms with E-state index in [1.807, 2.05) is 31.7 Å². The largest absolute Gasteiger partial charge is 0.338 e. The zero-order valence-electron chi connectivity index (χ0n) is 11.6. The number of hydrogen-bond donors (Lipinski definition) is 1. The molecule has 102 valence electrons. The van der Waals surface area contributed by atoms with Crippen LogP contribution < -0.4 is 5.32 Å². The standard InChI is InChI=1S/C16H18N4/c1-20-11-10-18-15(20)7-9-17-12-14-5-2-4-13-6-3-8-19-16(13)14/h2-6,8,10-11,17H,7,9,12H2,1H3. The minimum absolute atomic E-state index is 0.832. The van der Waals surface area contributed by atoms with Gasteiger partial charge in [-0.05, 0) is 11.6 Å². The fraction of sp³-hybridized carbons (Fsp3) is 0.250. The first-order valence-electron chi connectivity index (χ1n) is 6.84. The van der Waals surface area contributed by atoms with Crippen molar-refractivity contribution in [2.75, 3.05) is 6.54 Å². The first kappa shape index (κ1) is 12.8. The molecule has 0 unspecified atom stereocenters. The van der Waals surface area contributed by atoms with Gasteiger partial charge in [0, 0.05) is 50.5 Å². The lowest BCUT2D eigenvalue weighted by Gasteiger charge is -2.07. The number of pyridine rings is 1. The second kappa shape index (κ2) is 5.84. The third-order valence-corrected chi connectivity index (χ3v) is 3.48. The maximum Gasteiger partial charge on any atom is 0.109 e. The molecule has 0 saturated heterocycles. The van der Waals surface area contributed by atoms with E-state index in [9.17, 15) is 0 Å². The number of aromatic nitrogens is 3. The summed E-state index contributed by atoms with van der Waals surface area (Å²) >= 11 is 0. The van der Waals surface area contributed by atoms with Crippen LogP contribution in [0, 0.1) is 0 Å². The number of imidazole rings is 1. The molecule has 0 aliphatic carbocycles. The Bertz CT molecular complexity index is 697. The molecule has 0 saturated carbocycles.